The van der Waals surface area contributed by atoms with Gasteiger partial charge in [0.25, 0.3) is 11.5 Å². The minimum Gasteiger partial charge on any atom is -0.350 e. The highest BCUT2D eigenvalue weighted by atomic mass is 79.9. The number of fused-ring (bicyclic) bond motifs is 1. The summed E-state index contributed by atoms with van der Waals surface area (Å²) < 4.78 is 30.5. The molecule has 1 aromatic heterocycles. The Labute approximate surface area is 149 Å². The van der Waals surface area contributed by atoms with Gasteiger partial charge in [0.1, 0.15) is 5.82 Å². The predicted octanol–water partition coefficient (Wildman–Crippen LogP) is 2.87. The molecule has 1 aliphatic heterocycles. The average Bonchev–Trinajstić information content (AvgIpc) is 3.04. The number of benzene rings is 1. The maximum atomic E-state index is 14.7. The van der Waals surface area contributed by atoms with E-state index in [1.165, 1.54) is 23.8 Å². The van der Waals surface area contributed by atoms with E-state index in [0.29, 0.717) is 29.6 Å². The van der Waals surface area contributed by atoms with Crippen molar-refractivity contribution < 1.29 is 18.4 Å². The second-order valence-electron chi connectivity index (χ2n) is 5.46. The van der Waals surface area contributed by atoms with Crippen molar-refractivity contribution in [1.82, 2.24) is 10.0 Å². The number of amides is 1. The Bertz CT molecular complexity index is 914. The largest absolute Gasteiger partial charge is 0.350 e. The van der Waals surface area contributed by atoms with Crippen LogP contribution in [-0.4, -0.2) is 17.6 Å². The van der Waals surface area contributed by atoms with Crippen LogP contribution in [0.5, 0.6) is 0 Å². The SMILES string of the molecule is CONC(=O)c1c(Nc2ccc(Br)cc2F)c(F)c(=O)n2c1CCC2. The van der Waals surface area contributed by atoms with Gasteiger partial charge >= 0.3 is 0 Å². The molecule has 6 nitrogen and oxygen atoms in total. The first kappa shape index (κ1) is 17.6. The number of halogens is 3. The molecule has 3 rings (SSSR count). The molecule has 0 aliphatic carbocycles. The highest BCUT2D eigenvalue weighted by Gasteiger charge is 2.29. The van der Waals surface area contributed by atoms with Gasteiger partial charge in [-0.2, -0.15) is 4.39 Å². The third-order valence-electron chi connectivity index (χ3n) is 3.92. The van der Waals surface area contributed by atoms with Gasteiger partial charge in [-0.3, -0.25) is 14.4 Å². The second kappa shape index (κ2) is 6.93. The van der Waals surface area contributed by atoms with Crippen molar-refractivity contribution >= 4 is 33.2 Å². The Morgan fingerprint density at radius 3 is 2.80 bits per heavy atom. The average molecular weight is 414 g/mol. The summed E-state index contributed by atoms with van der Waals surface area (Å²) in [5, 5.41) is 2.55. The maximum Gasteiger partial charge on any atom is 0.289 e. The quantitative estimate of drug-likeness (QED) is 0.755. The molecule has 2 heterocycles. The molecule has 1 amide bonds. The number of hydroxylamine groups is 1. The fourth-order valence-electron chi connectivity index (χ4n) is 2.87. The number of anilines is 2. The maximum absolute atomic E-state index is 14.7. The van der Waals surface area contributed by atoms with E-state index in [9.17, 15) is 18.4 Å². The van der Waals surface area contributed by atoms with Crippen LogP contribution in [0.2, 0.25) is 0 Å². The molecule has 25 heavy (non-hydrogen) atoms. The van der Waals surface area contributed by atoms with E-state index < -0.39 is 23.1 Å². The molecule has 9 heteroatoms. The third kappa shape index (κ3) is 3.16. The molecule has 1 aromatic carbocycles. The number of hydrogen-bond acceptors (Lipinski definition) is 4. The van der Waals surface area contributed by atoms with E-state index in [1.807, 2.05) is 0 Å². The van der Waals surface area contributed by atoms with Crippen molar-refractivity contribution in [3.05, 3.63) is 55.9 Å². The third-order valence-corrected chi connectivity index (χ3v) is 4.42. The van der Waals surface area contributed by atoms with E-state index in [1.54, 1.807) is 6.07 Å². The molecule has 0 saturated heterocycles. The van der Waals surface area contributed by atoms with Gasteiger partial charge in [-0.15, -0.1) is 0 Å². The summed E-state index contributed by atoms with van der Waals surface area (Å²) >= 11 is 3.13. The van der Waals surface area contributed by atoms with Crippen molar-refractivity contribution in [3.8, 4) is 0 Å². The summed E-state index contributed by atoms with van der Waals surface area (Å²) in [5.74, 6) is -2.52. The van der Waals surface area contributed by atoms with E-state index in [-0.39, 0.29) is 16.9 Å². The highest BCUT2D eigenvalue weighted by molar-refractivity contribution is 9.10. The summed E-state index contributed by atoms with van der Waals surface area (Å²) in [7, 11) is 1.24. The first-order valence-corrected chi connectivity index (χ1v) is 8.24. The molecular weight excluding hydrogens is 400 g/mol. The summed E-state index contributed by atoms with van der Waals surface area (Å²) in [6.45, 7) is 0.325. The Morgan fingerprint density at radius 1 is 1.36 bits per heavy atom. The molecule has 1 aliphatic rings. The fourth-order valence-corrected chi connectivity index (χ4v) is 3.20. The van der Waals surface area contributed by atoms with E-state index in [0.717, 1.165) is 0 Å². The zero-order chi connectivity index (χ0) is 18.1. The van der Waals surface area contributed by atoms with Crippen molar-refractivity contribution in [2.45, 2.75) is 19.4 Å². The van der Waals surface area contributed by atoms with Crippen LogP contribution < -0.4 is 16.4 Å². The van der Waals surface area contributed by atoms with Crippen LogP contribution in [0, 0.1) is 11.6 Å². The number of hydrogen-bond donors (Lipinski definition) is 2. The van der Waals surface area contributed by atoms with Crippen molar-refractivity contribution in [1.29, 1.82) is 0 Å². The number of nitrogens with one attached hydrogen (secondary N) is 2. The molecule has 0 bridgehead atoms. The molecule has 132 valence electrons. The number of rotatable bonds is 4. The van der Waals surface area contributed by atoms with Crippen LogP contribution in [0.25, 0.3) is 0 Å². The van der Waals surface area contributed by atoms with Gasteiger partial charge in [0, 0.05) is 16.7 Å². The first-order chi connectivity index (χ1) is 11.9. The second-order valence-corrected chi connectivity index (χ2v) is 6.37. The van der Waals surface area contributed by atoms with E-state index in [2.05, 4.69) is 31.6 Å². The van der Waals surface area contributed by atoms with Gasteiger partial charge in [0.15, 0.2) is 0 Å². The highest BCUT2D eigenvalue weighted by Crippen LogP contribution is 2.30. The van der Waals surface area contributed by atoms with Gasteiger partial charge in [0.05, 0.1) is 24.0 Å². The van der Waals surface area contributed by atoms with Crippen LogP contribution in [0.3, 0.4) is 0 Å². The molecule has 2 N–H and O–H groups in total. The number of nitrogens with zero attached hydrogens (tertiary/aromatic N) is 1. The van der Waals surface area contributed by atoms with Gasteiger partial charge < -0.3 is 9.88 Å². The molecule has 0 atom stereocenters. The summed E-state index contributed by atoms with van der Waals surface area (Å²) in [5.41, 5.74) is 1.17. The van der Waals surface area contributed by atoms with Gasteiger partial charge in [-0.1, -0.05) is 15.9 Å². The lowest BCUT2D eigenvalue weighted by Gasteiger charge is -2.17. The molecule has 0 fully saturated rings. The smallest absolute Gasteiger partial charge is 0.289 e. The Morgan fingerprint density at radius 2 is 2.12 bits per heavy atom. The molecular formula is C16H14BrF2N3O3. The minimum atomic E-state index is -1.14. The summed E-state index contributed by atoms with van der Waals surface area (Å²) in [6.07, 6.45) is 1.04. The fraction of sp³-hybridized carbons (Fsp3) is 0.250. The minimum absolute atomic E-state index is 0.0593. The standard InChI is InChI=1S/C16H14BrF2N3O3/c1-25-21-15(23)12-11-3-2-6-22(11)16(24)13(19)14(12)20-10-5-4-8(17)7-9(10)18/h4-5,7,20H,2-3,6H2,1H3,(H,21,23). The Kier molecular flexibility index (Phi) is 4.87. The van der Waals surface area contributed by atoms with Gasteiger partial charge in [-0.05, 0) is 31.0 Å². The van der Waals surface area contributed by atoms with Crippen LogP contribution in [0.15, 0.2) is 27.5 Å². The lowest BCUT2D eigenvalue weighted by molar-refractivity contribution is 0.0536. The molecule has 0 saturated carbocycles. The van der Waals surface area contributed by atoms with Crippen LogP contribution in [-0.2, 0) is 17.8 Å². The lowest BCUT2D eigenvalue weighted by atomic mass is 10.1. The Balaban J connectivity index is 2.19. The molecule has 0 unspecified atom stereocenters. The summed E-state index contributed by atoms with van der Waals surface area (Å²) in [6, 6.07) is 4.12. The normalized spacial score (nSPS) is 12.8. The number of carbonyl (C=O) groups excluding carboxylic acids is 1. The molecule has 2 aromatic rings. The van der Waals surface area contributed by atoms with Crippen molar-refractivity contribution in [2.75, 3.05) is 12.4 Å². The number of pyridine rings is 1. The van der Waals surface area contributed by atoms with E-state index in [4.69, 9.17) is 0 Å². The van der Waals surface area contributed by atoms with Crippen LogP contribution in [0.4, 0.5) is 20.2 Å². The lowest BCUT2D eigenvalue weighted by Crippen LogP contribution is -2.31. The molecule has 0 radical (unpaired) electrons. The predicted molar refractivity (Wildman–Crippen MR) is 90.8 cm³/mol. The van der Waals surface area contributed by atoms with Crippen molar-refractivity contribution in [2.24, 2.45) is 0 Å². The number of aromatic nitrogens is 1. The monoisotopic (exact) mass is 413 g/mol. The number of carbonyl (C=O) groups is 1. The van der Waals surface area contributed by atoms with E-state index >= 15 is 0 Å². The van der Waals surface area contributed by atoms with Gasteiger partial charge in [0.2, 0.25) is 5.82 Å². The van der Waals surface area contributed by atoms with Crippen molar-refractivity contribution in [3.63, 3.8) is 0 Å². The Hall–Kier alpha value is -2.26. The molecule has 0 spiro atoms. The topological polar surface area (TPSA) is 72.4 Å². The zero-order valence-corrected chi connectivity index (χ0v) is 14.7. The van der Waals surface area contributed by atoms with Gasteiger partial charge in [-0.25, -0.2) is 9.87 Å². The van der Waals surface area contributed by atoms with Crippen LogP contribution in [0.1, 0.15) is 22.5 Å². The zero-order valence-electron chi connectivity index (χ0n) is 13.2. The first-order valence-electron chi connectivity index (χ1n) is 7.44. The van der Waals surface area contributed by atoms with Crippen LogP contribution >= 0.6 is 15.9 Å². The summed E-state index contributed by atoms with van der Waals surface area (Å²) in [4.78, 5) is 29.2.